The quantitative estimate of drug-likeness (QED) is 0.843. The van der Waals surface area contributed by atoms with Gasteiger partial charge in [-0.25, -0.2) is 13.1 Å². The molecule has 0 bridgehead atoms. The van der Waals surface area contributed by atoms with Gasteiger partial charge in [0.15, 0.2) is 0 Å². The lowest BCUT2D eigenvalue weighted by Gasteiger charge is -2.25. The fourth-order valence-corrected chi connectivity index (χ4v) is 3.05. The topological polar surface area (TPSA) is 86.3 Å². The lowest BCUT2D eigenvalue weighted by molar-refractivity contribution is -0.309. The Morgan fingerprint density at radius 1 is 1.36 bits per heavy atom. The maximum atomic E-state index is 12.6. The zero-order valence-corrected chi connectivity index (χ0v) is 12.7. The van der Waals surface area contributed by atoms with E-state index in [9.17, 15) is 31.5 Å². The summed E-state index contributed by atoms with van der Waals surface area (Å²) in [6, 6.07) is 1.55. The number of rotatable bonds is 6. The monoisotopic (exact) mass is 338 g/mol. The van der Waals surface area contributed by atoms with Gasteiger partial charge in [0.2, 0.25) is 10.0 Å². The molecule has 1 aromatic carbocycles. The SMILES string of the molecule is CC[C@H](C)[C@H](NS(=O)(=O)c1cccc(C(F)(F)F)c1)C(=O)[O-]. The van der Waals surface area contributed by atoms with Crippen LogP contribution in [0.4, 0.5) is 13.2 Å². The van der Waals surface area contributed by atoms with E-state index in [-0.39, 0.29) is 0 Å². The van der Waals surface area contributed by atoms with Crippen molar-refractivity contribution in [1.82, 2.24) is 4.72 Å². The molecule has 0 saturated heterocycles. The van der Waals surface area contributed by atoms with Crippen LogP contribution in [-0.2, 0) is 21.0 Å². The Morgan fingerprint density at radius 3 is 2.41 bits per heavy atom. The van der Waals surface area contributed by atoms with Gasteiger partial charge < -0.3 is 9.90 Å². The molecule has 0 saturated carbocycles. The summed E-state index contributed by atoms with van der Waals surface area (Å²) in [5.74, 6) is -2.21. The van der Waals surface area contributed by atoms with Crippen LogP contribution in [0.15, 0.2) is 29.2 Å². The van der Waals surface area contributed by atoms with Gasteiger partial charge in [-0.3, -0.25) is 0 Å². The highest BCUT2D eigenvalue weighted by Gasteiger charge is 2.32. The van der Waals surface area contributed by atoms with E-state index in [1.165, 1.54) is 6.92 Å². The van der Waals surface area contributed by atoms with Crippen LogP contribution in [0.2, 0.25) is 0 Å². The molecular formula is C13H15F3NO4S-. The summed E-state index contributed by atoms with van der Waals surface area (Å²) in [6.07, 6.45) is -4.35. The van der Waals surface area contributed by atoms with Crippen molar-refractivity contribution in [2.24, 2.45) is 5.92 Å². The number of benzene rings is 1. The number of halogens is 3. The predicted molar refractivity (Wildman–Crippen MR) is 70.0 cm³/mol. The van der Waals surface area contributed by atoms with E-state index in [0.29, 0.717) is 12.5 Å². The van der Waals surface area contributed by atoms with E-state index in [0.717, 1.165) is 18.2 Å². The Hall–Kier alpha value is -1.61. The Morgan fingerprint density at radius 2 is 1.95 bits per heavy atom. The Kier molecular flexibility index (Phi) is 5.58. The van der Waals surface area contributed by atoms with Gasteiger partial charge in [-0.15, -0.1) is 0 Å². The first-order chi connectivity index (χ1) is 9.99. The van der Waals surface area contributed by atoms with Gasteiger partial charge in [-0.1, -0.05) is 26.3 Å². The molecule has 124 valence electrons. The van der Waals surface area contributed by atoms with E-state index in [2.05, 4.69) is 0 Å². The van der Waals surface area contributed by atoms with Gasteiger partial charge in [-0.2, -0.15) is 13.2 Å². The summed E-state index contributed by atoms with van der Waals surface area (Å²) < 4.78 is 63.9. The number of hydrogen-bond acceptors (Lipinski definition) is 4. The van der Waals surface area contributed by atoms with Crippen molar-refractivity contribution < 1.29 is 31.5 Å². The van der Waals surface area contributed by atoms with E-state index < -0.39 is 44.6 Å². The molecule has 1 N–H and O–H groups in total. The molecule has 0 amide bonds. The fraction of sp³-hybridized carbons (Fsp3) is 0.462. The molecule has 0 aliphatic rings. The number of carboxylic acid groups (broad SMARTS) is 1. The minimum atomic E-state index is -4.70. The van der Waals surface area contributed by atoms with Crippen molar-refractivity contribution in [3.8, 4) is 0 Å². The number of nitrogens with one attached hydrogen (secondary N) is 1. The second-order valence-corrected chi connectivity index (χ2v) is 6.54. The molecule has 9 heteroatoms. The molecule has 1 aromatic rings. The number of sulfonamides is 1. The van der Waals surface area contributed by atoms with Gasteiger partial charge in [0.25, 0.3) is 0 Å². The van der Waals surface area contributed by atoms with E-state index in [4.69, 9.17) is 0 Å². The number of carbonyl (C=O) groups is 1. The molecular weight excluding hydrogens is 323 g/mol. The normalized spacial score (nSPS) is 15.3. The number of carboxylic acids is 1. The summed E-state index contributed by atoms with van der Waals surface area (Å²) in [5, 5.41) is 11.0. The van der Waals surface area contributed by atoms with Gasteiger partial charge in [-0.05, 0) is 24.1 Å². The number of hydrogen-bond donors (Lipinski definition) is 1. The minimum absolute atomic E-state index is 0.351. The summed E-state index contributed by atoms with van der Waals surface area (Å²) >= 11 is 0. The standard InChI is InChI=1S/C13H16F3NO4S/c1-3-8(2)11(12(18)19)17-22(20,21)10-6-4-5-9(7-10)13(14,15)16/h4-8,11,17H,3H2,1-2H3,(H,18,19)/p-1/t8-,11-/m0/s1. The predicted octanol–water partition coefficient (Wildman–Crippen LogP) is 1.15. The first kappa shape index (κ1) is 18.4. The molecule has 0 fully saturated rings. The minimum Gasteiger partial charge on any atom is -0.548 e. The number of aliphatic carboxylic acids is 1. The van der Waals surface area contributed by atoms with Crippen molar-refractivity contribution in [2.75, 3.05) is 0 Å². The number of alkyl halides is 3. The van der Waals surface area contributed by atoms with Crippen LogP contribution >= 0.6 is 0 Å². The van der Waals surface area contributed by atoms with E-state index in [1.54, 1.807) is 6.92 Å². The van der Waals surface area contributed by atoms with Crippen molar-refractivity contribution >= 4 is 16.0 Å². The highest BCUT2D eigenvalue weighted by Crippen LogP contribution is 2.30. The van der Waals surface area contributed by atoms with Crippen LogP contribution in [-0.4, -0.2) is 20.4 Å². The van der Waals surface area contributed by atoms with Crippen molar-refractivity contribution in [3.05, 3.63) is 29.8 Å². The maximum Gasteiger partial charge on any atom is 0.416 e. The second-order valence-electron chi connectivity index (χ2n) is 4.83. The lowest BCUT2D eigenvalue weighted by atomic mass is 10.0. The van der Waals surface area contributed by atoms with Crippen molar-refractivity contribution in [3.63, 3.8) is 0 Å². The molecule has 0 aliphatic carbocycles. The number of carbonyl (C=O) groups excluding carboxylic acids is 1. The molecule has 0 aliphatic heterocycles. The zero-order valence-electron chi connectivity index (χ0n) is 11.8. The Labute approximate surface area is 126 Å². The Balaban J connectivity index is 3.16. The summed E-state index contributed by atoms with van der Waals surface area (Å²) in [4.78, 5) is 10.4. The molecule has 0 radical (unpaired) electrons. The third-order valence-corrected chi connectivity index (χ3v) is 4.66. The molecule has 0 aromatic heterocycles. The maximum absolute atomic E-state index is 12.6. The smallest absolute Gasteiger partial charge is 0.416 e. The lowest BCUT2D eigenvalue weighted by Crippen LogP contribution is -2.51. The second kappa shape index (κ2) is 6.66. The largest absolute Gasteiger partial charge is 0.548 e. The van der Waals surface area contributed by atoms with Gasteiger partial charge >= 0.3 is 6.18 Å². The molecule has 0 heterocycles. The van der Waals surface area contributed by atoms with Gasteiger partial charge in [0.05, 0.1) is 22.5 Å². The van der Waals surface area contributed by atoms with Gasteiger partial charge in [0.1, 0.15) is 0 Å². The molecule has 0 spiro atoms. The van der Waals surface area contributed by atoms with Crippen molar-refractivity contribution in [2.45, 2.75) is 37.4 Å². The summed E-state index contributed by atoms with van der Waals surface area (Å²) in [6.45, 7) is 3.15. The van der Waals surface area contributed by atoms with Crippen LogP contribution in [0.25, 0.3) is 0 Å². The van der Waals surface area contributed by atoms with Crippen LogP contribution < -0.4 is 9.83 Å². The van der Waals surface area contributed by atoms with Crippen LogP contribution in [0.3, 0.4) is 0 Å². The highest BCUT2D eigenvalue weighted by molar-refractivity contribution is 7.89. The van der Waals surface area contributed by atoms with Gasteiger partial charge in [0, 0.05) is 0 Å². The highest BCUT2D eigenvalue weighted by atomic mass is 32.2. The first-order valence-corrected chi connectivity index (χ1v) is 7.87. The average Bonchev–Trinajstić information content (AvgIpc) is 2.43. The Bertz CT molecular complexity index is 643. The molecule has 2 atom stereocenters. The summed E-state index contributed by atoms with van der Waals surface area (Å²) in [5.41, 5.74) is -1.14. The van der Waals surface area contributed by atoms with E-state index in [1.807, 2.05) is 4.72 Å². The molecule has 5 nitrogen and oxygen atoms in total. The van der Waals surface area contributed by atoms with Crippen LogP contribution in [0.1, 0.15) is 25.8 Å². The molecule has 0 unspecified atom stereocenters. The van der Waals surface area contributed by atoms with Crippen LogP contribution in [0, 0.1) is 5.92 Å². The molecule has 22 heavy (non-hydrogen) atoms. The molecule has 1 rings (SSSR count). The zero-order chi connectivity index (χ0) is 17.1. The van der Waals surface area contributed by atoms with Crippen LogP contribution in [0.5, 0.6) is 0 Å². The third kappa shape index (κ3) is 4.44. The first-order valence-electron chi connectivity index (χ1n) is 6.39. The van der Waals surface area contributed by atoms with E-state index >= 15 is 0 Å². The summed E-state index contributed by atoms with van der Waals surface area (Å²) in [7, 11) is -4.41. The average molecular weight is 338 g/mol. The van der Waals surface area contributed by atoms with Crippen molar-refractivity contribution in [1.29, 1.82) is 0 Å². The third-order valence-electron chi connectivity index (χ3n) is 3.22. The fourth-order valence-electron chi connectivity index (χ4n) is 1.71.